The van der Waals surface area contributed by atoms with E-state index in [1.54, 1.807) is 6.07 Å². The largest absolute Gasteiger partial charge is 0.489 e. The highest BCUT2D eigenvalue weighted by Crippen LogP contribution is 2.36. The SMILES string of the molecule is CCN(CC1CC(Oc2cccc(CN3CCCC3)c2Cl)C1)C(=O)c1ccon1. The number of aromatic nitrogens is 1. The van der Waals surface area contributed by atoms with Crippen LogP contribution in [0.3, 0.4) is 0 Å². The van der Waals surface area contributed by atoms with E-state index in [1.807, 2.05) is 24.0 Å². The van der Waals surface area contributed by atoms with E-state index < -0.39 is 0 Å². The first-order valence-electron chi connectivity index (χ1n) is 10.5. The zero-order chi connectivity index (χ0) is 20.2. The van der Waals surface area contributed by atoms with Gasteiger partial charge in [-0.1, -0.05) is 28.9 Å². The van der Waals surface area contributed by atoms with E-state index in [0.29, 0.717) is 24.7 Å². The van der Waals surface area contributed by atoms with E-state index in [9.17, 15) is 4.79 Å². The predicted octanol–water partition coefficient (Wildman–Crippen LogP) is 4.24. The van der Waals surface area contributed by atoms with Gasteiger partial charge in [0.15, 0.2) is 5.69 Å². The van der Waals surface area contributed by atoms with Crippen molar-refractivity contribution < 1.29 is 14.1 Å². The number of benzene rings is 1. The number of ether oxygens (including phenoxy) is 1. The first-order chi connectivity index (χ1) is 14.1. The number of rotatable bonds is 8. The molecule has 29 heavy (non-hydrogen) atoms. The monoisotopic (exact) mass is 417 g/mol. The Labute approximate surface area is 176 Å². The van der Waals surface area contributed by atoms with Crippen LogP contribution >= 0.6 is 11.6 Å². The lowest BCUT2D eigenvalue weighted by Gasteiger charge is -2.38. The number of likely N-dealkylation sites (tertiary alicyclic amines) is 1. The smallest absolute Gasteiger partial charge is 0.276 e. The van der Waals surface area contributed by atoms with Crippen molar-refractivity contribution in [1.29, 1.82) is 0 Å². The fraction of sp³-hybridized carbons (Fsp3) is 0.545. The molecule has 156 valence electrons. The van der Waals surface area contributed by atoms with Crippen LogP contribution in [0.2, 0.25) is 5.02 Å². The van der Waals surface area contributed by atoms with Gasteiger partial charge in [-0.25, -0.2) is 0 Å². The van der Waals surface area contributed by atoms with E-state index >= 15 is 0 Å². The molecular weight excluding hydrogens is 390 g/mol. The quantitative estimate of drug-likeness (QED) is 0.642. The second kappa shape index (κ2) is 9.18. The topological polar surface area (TPSA) is 58.8 Å². The van der Waals surface area contributed by atoms with Crippen molar-refractivity contribution in [3.05, 3.63) is 46.8 Å². The summed E-state index contributed by atoms with van der Waals surface area (Å²) in [4.78, 5) is 16.7. The van der Waals surface area contributed by atoms with Crippen molar-refractivity contribution in [2.75, 3.05) is 26.2 Å². The van der Waals surface area contributed by atoms with Gasteiger partial charge in [-0.3, -0.25) is 9.69 Å². The highest BCUT2D eigenvalue weighted by molar-refractivity contribution is 6.32. The minimum atomic E-state index is -0.0803. The summed E-state index contributed by atoms with van der Waals surface area (Å²) in [6, 6.07) is 7.67. The minimum Gasteiger partial charge on any atom is -0.489 e. The Hall–Kier alpha value is -2.05. The standard InChI is InChI=1S/C22H28ClN3O3/c1-2-26(22(27)19-8-11-28-24-19)14-16-12-18(13-16)29-20-7-5-6-17(21(20)23)15-25-9-3-4-10-25/h5-8,11,16,18H,2-4,9-10,12-15H2,1H3. The zero-order valence-corrected chi connectivity index (χ0v) is 17.6. The van der Waals surface area contributed by atoms with Crippen LogP contribution in [-0.2, 0) is 6.54 Å². The van der Waals surface area contributed by atoms with Gasteiger partial charge in [0.05, 0.1) is 11.1 Å². The maximum Gasteiger partial charge on any atom is 0.276 e. The van der Waals surface area contributed by atoms with Crippen LogP contribution in [0.1, 0.15) is 48.7 Å². The maximum atomic E-state index is 12.5. The Kier molecular flexibility index (Phi) is 6.40. The maximum absolute atomic E-state index is 12.5. The van der Waals surface area contributed by atoms with Crippen molar-refractivity contribution in [2.45, 2.75) is 45.3 Å². The lowest BCUT2D eigenvalue weighted by atomic mass is 9.81. The Morgan fingerprint density at radius 1 is 1.31 bits per heavy atom. The summed E-state index contributed by atoms with van der Waals surface area (Å²) in [5.74, 6) is 1.13. The molecule has 0 radical (unpaired) electrons. The average molecular weight is 418 g/mol. The highest BCUT2D eigenvalue weighted by Gasteiger charge is 2.34. The minimum absolute atomic E-state index is 0.0803. The van der Waals surface area contributed by atoms with Crippen LogP contribution in [0.15, 0.2) is 35.1 Å². The second-order valence-corrected chi connectivity index (χ2v) is 8.40. The van der Waals surface area contributed by atoms with Crippen LogP contribution in [0.4, 0.5) is 0 Å². The van der Waals surface area contributed by atoms with Crippen molar-refractivity contribution >= 4 is 17.5 Å². The fourth-order valence-electron chi connectivity index (χ4n) is 4.20. The molecule has 0 N–H and O–H groups in total. The third-order valence-corrected chi connectivity index (χ3v) is 6.36. The molecule has 1 aliphatic carbocycles. The van der Waals surface area contributed by atoms with Gasteiger partial charge < -0.3 is 14.2 Å². The molecule has 4 rings (SSSR count). The number of nitrogens with zero attached hydrogens (tertiary/aromatic N) is 3. The Morgan fingerprint density at radius 2 is 2.10 bits per heavy atom. The molecule has 1 aromatic carbocycles. The van der Waals surface area contributed by atoms with E-state index in [2.05, 4.69) is 16.1 Å². The van der Waals surface area contributed by atoms with Gasteiger partial charge in [-0.05, 0) is 63.2 Å². The molecule has 1 aromatic heterocycles. The Bertz CT molecular complexity index is 815. The molecule has 1 saturated carbocycles. The zero-order valence-electron chi connectivity index (χ0n) is 16.8. The number of carbonyl (C=O) groups is 1. The summed E-state index contributed by atoms with van der Waals surface area (Å²) in [7, 11) is 0. The lowest BCUT2D eigenvalue weighted by molar-refractivity contribution is 0.0378. The van der Waals surface area contributed by atoms with E-state index in [-0.39, 0.29) is 12.0 Å². The summed E-state index contributed by atoms with van der Waals surface area (Å²) in [5, 5.41) is 4.49. The summed E-state index contributed by atoms with van der Waals surface area (Å²) in [6.07, 6.45) is 5.97. The molecule has 2 aromatic rings. The molecule has 2 aliphatic rings. The van der Waals surface area contributed by atoms with Crippen LogP contribution < -0.4 is 4.74 Å². The third kappa shape index (κ3) is 4.75. The molecule has 1 amide bonds. The van der Waals surface area contributed by atoms with Crippen LogP contribution in [0, 0.1) is 5.92 Å². The molecule has 2 fully saturated rings. The highest BCUT2D eigenvalue weighted by atomic mass is 35.5. The van der Waals surface area contributed by atoms with Gasteiger partial charge in [-0.2, -0.15) is 0 Å². The Balaban J connectivity index is 1.28. The van der Waals surface area contributed by atoms with Gasteiger partial charge >= 0.3 is 0 Å². The molecule has 2 heterocycles. The molecule has 1 saturated heterocycles. The Morgan fingerprint density at radius 3 is 2.79 bits per heavy atom. The van der Waals surface area contributed by atoms with Crippen molar-refractivity contribution in [2.24, 2.45) is 5.92 Å². The molecule has 0 atom stereocenters. The van der Waals surface area contributed by atoms with Crippen molar-refractivity contribution in [3.8, 4) is 5.75 Å². The first-order valence-corrected chi connectivity index (χ1v) is 10.9. The van der Waals surface area contributed by atoms with Crippen LogP contribution in [-0.4, -0.2) is 53.1 Å². The number of halogens is 1. The number of amides is 1. The van der Waals surface area contributed by atoms with Gasteiger partial charge in [0.1, 0.15) is 12.0 Å². The van der Waals surface area contributed by atoms with Gasteiger partial charge in [0, 0.05) is 25.7 Å². The predicted molar refractivity (Wildman–Crippen MR) is 111 cm³/mol. The molecule has 0 bridgehead atoms. The van der Waals surface area contributed by atoms with Crippen LogP contribution in [0.5, 0.6) is 5.75 Å². The third-order valence-electron chi connectivity index (χ3n) is 5.93. The first kappa shape index (κ1) is 20.2. The molecule has 1 aliphatic heterocycles. The molecular formula is C22H28ClN3O3. The normalized spacial score (nSPS) is 21.7. The van der Waals surface area contributed by atoms with Gasteiger partial charge in [0.25, 0.3) is 5.91 Å². The average Bonchev–Trinajstić information content (AvgIpc) is 3.40. The lowest BCUT2D eigenvalue weighted by Crippen LogP contribution is -2.43. The fourth-order valence-corrected chi connectivity index (χ4v) is 4.43. The van der Waals surface area contributed by atoms with Crippen molar-refractivity contribution in [3.63, 3.8) is 0 Å². The molecule has 6 nitrogen and oxygen atoms in total. The number of carbonyl (C=O) groups excluding carboxylic acids is 1. The molecule has 0 unspecified atom stereocenters. The van der Waals surface area contributed by atoms with Gasteiger partial charge in [-0.15, -0.1) is 0 Å². The second-order valence-electron chi connectivity index (χ2n) is 8.02. The summed E-state index contributed by atoms with van der Waals surface area (Å²) in [5.41, 5.74) is 1.50. The number of hydrogen-bond acceptors (Lipinski definition) is 5. The van der Waals surface area contributed by atoms with E-state index in [4.69, 9.17) is 20.9 Å². The molecule has 0 spiro atoms. The van der Waals surface area contributed by atoms with E-state index in [1.165, 1.54) is 19.1 Å². The van der Waals surface area contributed by atoms with Crippen molar-refractivity contribution in [1.82, 2.24) is 15.0 Å². The van der Waals surface area contributed by atoms with Gasteiger partial charge in [0.2, 0.25) is 0 Å². The number of hydrogen-bond donors (Lipinski definition) is 0. The summed E-state index contributed by atoms with van der Waals surface area (Å²) >= 11 is 6.63. The summed E-state index contributed by atoms with van der Waals surface area (Å²) < 4.78 is 11.0. The van der Waals surface area contributed by atoms with Crippen LogP contribution in [0.25, 0.3) is 0 Å². The molecule has 7 heteroatoms. The van der Waals surface area contributed by atoms with E-state index in [0.717, 1.165) is 48.8 Å². The summed E-state index contributed by atoms with van der Waals surface area (Å²) in [6.45, 7) is 6.53.